The maximum Gasteiger partial charge on any atom is 0.0608 e. The highest BCUT2D eigenvalue weighted by Crippen LogP contribution is 2.38. The third-order valence-electron chi connectivity index (χ3n) is 7.58. The fourth-order valence-corrected chi connectivity index (χ4v) is 5.46. The third kappa shape index (κ3) is 4.29. The fraction of sp³-hybridized carbons (Fsp3) is 0.556. The van der Waals surface area contributed by atoms with E-state index in [2.05, 4.69) is 62.4 Å². The van der Waals surface area contributed by atoms with Crippen molar-refractivity contribution in [1.82, 2.24) is 0 Å². The molecule has 2 heteroatoms. The van der Waals surface area contributed by atoms with Gasteiger partial charge >= 0.3 is 0 Å². The van der Waals surface area contributed by atoms with E-state index in [4.69, 9.17) is 0 Å². The first-order valence-electron chi connectivity index (χ1n) is 11.5. The van der Waals surface area contributed by atoms with E-state index in [9.17, 15) is 10.2 Å². The van der Waals surface area contributed by atoms with Crippen molar-refractivity contribution < 1.29 is 10.2 Å². The van der Waals surface area contributed by atoms with Gasteiger partial charge in [0.2, 0.25) is 0 Å². The van der Waals surface area contributed by atoms with Gasteiger partial charge in [0, 0.05) is 17.3 Å². The maximum atomic E-state index is 10.4. The molecule has 4 unspecified atom stereocenters. The third-order valence-corrected chi connectivity index (χ3v) is 7.58. The first-order valence-corrected chi connectivity index (χ1v) is 11.5. The molecule has 2 aromatic carbocycles. The molecule has 2 N–H and O–H groups in total. The van der Waals surface area contributed by atoms with Crippen molar-refractivity contribution >= 4 is 0 Å². The van der Waals surface area contributed by atoms with E-state index < -0.39 is 0 Å². The van der Waals surface area contributed by atoms with Crippen molar-refractivity contribution in [3.8, 4) is 0 Å². The fourth-order valence-electron chi connectivity index (χ4n) is 5.46. The lowest BCUT2D eigenvalue weighted by atomic mass is 9.75. The Kier molecular flexibility index (Phi) is 6.13. The standard InChI is InChI=1S/C27H36O2/c1-27(2,21-15-11-19(12-16-21)23-7-3-5-9-25(23)28)22-17-13-20(14-18-22)24-8-4-6-10-26(24)29/h11-18,23-26,28-29H,3-10H2,1-2H3. The zero-order valence-corrected chi connectivity index (χ0v) is 18.0. The summed E-state index contributed by atoms with van der Waals surface area (Å²) in [4.78, 5) is 0. The normalized spacial score (nSPS) is 28.3. The summed E-state index contributed by atoms with van der Waals surface area (Å²) >= 11 is 0. The zero-order valence-electron chi connectivity index (χ0n) is 18.0. The minimum absolute atomic E-state index is 0.0760. The molecule has 4 atom stereocenters. The molecule has 156 valence electrons. The van der Waals surface area contributed by atoms with Gasteiger partial charge in [-0.25, -0.2) is 0 Å². The van der Waals surface area contributed by atoms with Crippen molar-refractivity contribution in [1.29, 1.82) is 0 Å². The molecule has 2 aromatic rings. The Bertz CT molecular complexity index is 723. The van der Waals surface area contributed by atoms with Crippen LogP contribution in [0.2, 0.25) is 0 Å². The Morgan fingerprint density at radius 1 is 0.586 bits per heavy atom. The van der Waals surface area contributed by atoms with Crippen LogP contribution in [0.25, 0.3) is 0 Å². The van der Waals surface area contributed by atoms with Gasteiger partial charge in [0.1, 0.15) is 0 Å². The summed E-state index contributed by atoms with van der Waals surface area (Å²) < 4.78 is 0. The van der Waals surface area contributed by atoms with Crippen molar-refractivity contribution in [2.45, 2.75) is 94.7 Å². The van der Waals surface area contributed by atoms with E-state index in [1.54, 1.807) is 0 Å². The first kappa shape index (κ1) is 20.6. The second-order valence-electron chi connectivity index (χ2n) is 9.79. The van der Waals surface area contributed by atoms with Gasteiger partial charge in [0.15, 0.2) is 0 Å². The van der Waals surface area contributed by atoms with Gasteiger partial charge in [-0.1, -0.05) is 88.1 Å². The average molecular weight is 393 g/mol. The van der Waals surface area contributed by atoms with Crippen molar-refractivity contribution in [2.24, 2.45) is 0 Å². The van der Waals surface area contributed by atoms with Gasteiger partial charge in [-0.05, 0) is 47.9 Å². The van der Waals surface area contributed by atoms with E-state index in [1.807, 2.05) is 0 Å². The molecule has 0 amide bonds. The van der Waals surface area contributed by atoms with Crippen LogP contribution in [0.1, 0.15) is 99.3 Å². The topological polar surface area (TPSA) is 40.5 Å². The molecule has 29 heavy (non-hydrogen) atoms. The Morgan fingerprint density at radius 3 is 1.28 bits per heavy atom. The lowest BCUT2D eigenvalue weighted by Crippen LogP contribution is -2.24. The number of rotatable bonds is 4. The van der Waals surface area contributed by atoms with Crippen LogP contribution in [-0.4, -0.2) is 22.4 Å². The van der Waals surface area contributed by atoms with E-state index >= 15 is 0 Å². The maximum absolute atomic E-state index is 10.4. The molecule has 2 aliphatic carbocycles. The van der Waals surface area contributed by atoms with Gasteiger partial charge in [-0.2, -0.15) is 0 Å². The second kappa shape index (κ2) is 8.62. The molecule has 0 aromatic heterocycles. The SMILES string of the molecule is CC(C)(c1ccc(C2CCCCC2O)cc1)c1ccc(C2CCCCC2O)cc1. The van der Waals surface area contributed by atoms with Crippen LogP contribution in [-0.2, 0) is 5.41 Å². The summed E-state index contributed by atoms with van der Waals surface area (Å²) in [6, 6.07) is 17.9. The van der Waals surface area contributed by atoms with Gasteiger partial charge in [0.05, 0.1) is 12.2 Å². The molecule has 0 spiro atoms. The number of aliphatic hydroxyl groups is 2. The molecule has 0 radical (unpaired) electrons. The highest BCUT2D eigenvalue weighted by Gasteiger charge is 2.28. The number of hydrogen-bond acceptors (Lipinski definition) is 2. The molecule has 2 nitrogen and oxygen atoms in total. The smallest absolute Gasteiger partial charge is 0.0608 e. The molecule has 2 aliphatic rings. The average Bonchev–Trinajstić information content (AvgIpc) is 2.75. The van der Waals surface area contributed by atoms with Crippen molar-refractivity contribution in [2.75, 3.05) is 0 Å². The lowest BCUT2D eigenvalue weighted by Gasteiger charge is -2.31. The van der Waals surface area contributed by atoms with Gasteiger partial charge < -0.3 is 10.2 Å². The predicted molar refractivity (Wildman–Crippen MR) is 119 cm³/mol. The van der Waals surface area contributed by atoms with E-state index in [-0.39, 0.29) is 17.6 Å². The molecule has 0 saturated heterocycles. The van der Waals surface area contributed by atoms with Crippen LogP contribution >= 0.6 is 0 Å². The lowest BCUT2D eigenvalue weighted by molar-refractivity contribution is 0.106. The van der Waals surface area contributed by atoms with Gasteiger partial charge in [0.25, 0.3) is 0 Å². The largest absolute Gasteiger partial charge is 0.392 e. The van der Waals surface area contributed by atoms with Crippen LogP contribution in [0, 0.1) is 0 Å². The second-order valence-corrected chi connectivity index (χ2v) is 9.79. The zero-order chi connectivity index (χ0) is 20.4. The Labute approximate surface area is 176 Å². The van der Waals surface area contributed by atoms with Crippen molar-refractivity contribution in [3.05, 3.63) is 70.8 Å². The highest BCUT2D eigenvalue weighted by molar-refractivity contribution is 5.41. The Morgan fingerprint density at radius 2 is 0.931 bits per heavy atom. The highest BCUT2D eigenvalue weighted by atomic mass is 16.3. The summed E-state index contributed by atoms with van der Waals surface area (Å²) in [5, 5.41) is 20.7. The van der Waals surface area contributed by atoms with Gasteiger partial charge in [-0.15, -0.1) is 0 Å². The molecule has 0 heterocycles. The van der Waals surface area contributed by atoms with Crippen LogP contribution in [0.4, 0.5) is 0 Å². The molecule has 0 aliphatic heterocycles. The first-order chi connectivity index (χ1) is 14.0. The van der Waals surface area contributed by atoms with Gasteiger partial charge in [-0.3, -0.25) is 0 Å². The summed E-state index contributed by atoms with van der Waals surface area (Å²) in [6.07, 6.45) is 8.41. The molecule has 0 bridgehead atoms. The van der Waals surface area contributed by atoms with E-state index in [1.165, 1.54) is 35.1 Å². The summed E-state index contributed by atoms with van der Waals surface area (Å²) in [7, 11) is 0. The van der Waals surface area contributed by atoms with Crippen LogP contribution in [0.5, 0.6) is 0 Å². The molecular weight excluding hydrogens is 356 g/mol. The quantitative estimate of drug-likeness (QED) is 0.665. The number of benzene rings is 2. The van der Waals surface area contributed by atoms with Crippen LogP contribution in [0.15, 0.2) is 48.5 Å². The number of hydrogen-bond donors (Lipinski definition) is 2. The molecule has 2 saturated carbocycles. The van der Waals surface area contributed by atoms with E-state index in [0.717, 1.165) is 38.5 Å². The monoisotopic (exact) mass is 392 g/mol. The van der Waals surface area contributed by atoms with E-state index in [0.29, 0.717) is 11.8 Å². The minimum atomic E-state index is -0.190. The Balaban J connectivity index is 1.51. The predicted octanol–water partition coefficient (Wildman–Crippen LogP) is 6.05. The molecule has 4 rings (SSSR count). The summed E-state index contributed by atoms with van der Waals surface area (Å²) in [6.45, 7) is 4.56. The molecular formula is C27H36O2. The molecule has 2 fully saturated rings. The minimum Gasteiger partial charge on any atom is -0.392 e. The summed E-state index contributed by atoms with van der Waals surface area (Å²) in [5.41, 5.74) is 5.08. The van der Waals surface area contributed by atoms with Crippen LogP contribution < -0.4 is 0 Å². The van der Waals surface area contributed by atoms with Crippen molar-refractivity contribution in [3.63, 3.8) is 0 Å². The Hall–Kier alpha value is -1.64. The number of aliphatic hydroxyl groups excluding tert-OH is 2. The van der Waals surface area contributed by atoms with Crippen LogP contribution in [0.3, 0.4) is 0 Å². The summed E-state index contributed by atoms with van der Waals surface area (Å²) in [5.74, 6) is 0.587.